The van der Waals surface area contributed by atoms with Crippen LogP contribution in [0.1, 0.15) is 28.0 Å². The summed E-state index contributed by atoms with van der Waals surface area (Å²) in [5.74, 6) is 0. The number of carbonyl (C=O) groups is 1. The average molecular weight is 197 g/mol. The fourth-order valence-corrected chi connectivity index (χ4v) is 0.939. The van der Waals surface area contributed by atoms with E-state index in [1.54, 1.807) is 6.07 Å². The summed E-state index contributed by atoms with van der Waals surface area (Å²) in [4.78, 5) is 13.9. The molecule has 6 heteroatoms. The van der Waals surface area contributed by atoms with Crippen LogP contribution in [0.25, 0.3) is 0 Å². The third kappa shape index (κ3) is 1.52. The Morgan fingerprint density at radius 2 is 2.29 bits per heavy atom. The molecule has 0 radical (unpaired) electrons. The van der Waals surface area contributed by atoms with Crippen LogP contribution in [0.2, 0.25) is 0 Å². The van der Waals surface area contributed by atoms with Gasteiger partial charge in [-0.2, -0.15) is 5.26 Å². The molecule has 0 aliphatic carbocycles. The highest BCUT2D eigenvalue weighted by molar-refractivity contribution is 5.87. The molecule has 4 nitrogen and oxygen atoms in total. The number of aldehydes is 1. The molecule has 0 saturated heterocycles. The van der Waals surface area contributed by atoms with Gasteiger partial charge in [0.25, 0.3) is 6.43 Å². The number of pyridine rings is 1. The van der Waals surface area contributed by atoms with Crippen molar-refractivity contribution < 1.29 is 13.6 Å². The lowest BCUT2D eigenvalue weighted by molar-refractivity contribution is 0.112. The van der Waals surface area contributed by atoms with E-state index in [0.717, 1.165) is 6.20 Å². The summed E-state index contributed by atoms with van der Waals surface area (Å²) in [6.07, 6.45) is -1.77. The van der Waals surface area contributed by atoms with Crippen LogP contribution in [0.3, 0.4) is 0 Å². The second-order valence-electron chi connectivity index (χ2n) is 2.42. The lowest BCUT2D eigenvalue weighted by atomic mass is 10.1. The first-order valence-corrected chi connectivity index (χ1v) is 3.53. The van der Waals surface area contributed by atoms with Crippen molar-refractivity contribution >= 4 is 12.0 Å². The molecular formula is C8H5F2N3O. The molecule has 0 unspecified atom stereocenters. The second-order valence-corrected chi connectivity index (χ2v) is 2.42. The lowest BCUT2D eigenvalue weighted by Gasteiger charge is -2.06. The van der Waals surface area contributed by atoms with Gasteiger partial charge in [-0.3, -0.25) is 4.79 Å². The Bertz CT molecular complexity index is 412. The highest BCUT2D eigenvalue weighted by atomic mass is 19.3. The van der Waals surface area contributed by atoms with Crippen molar-refractivity contribution in [1.29, 1.82) is 5.26 Å². The molecule has 0 fully saturated rings. The molecule has 72 valence electrons. The van der Waals surface area contributed by atoms with Crippen LogP contribution in [0.4, 0.5) is 14.5 Å². The molecule has 14 heavy (non-hydrogen) atoms. The first kappa shape index (κ1) is 10.1. The van der Waals surface area contributed by atoms with E-state index >= 15 is 0 Å². The predicted octanol–water partition coefficient (Wildman–Crippen LogP) is 1.29. The molecule has 0 aliphatic rings. The summed E-state index contributed by atoms with van der Waals surface area (Å²) in [6.45, 7) is 0. The van der Waals surface area contributed by atoms with Gasteiger partial charge in [0, 0.05) is 6.20 Å². The maximum atomic E-state index is 12.3. The van der Waals surface area contributed by atoms with Gasteiger partial charge in [-0.05, 0) is 0 Å². The summed E-state index contributed by atoms with van der Waals surface area (Å²) < 4.78 is 24.5. The van der Waals surface area contributed by atoms with Crippen LogP contribution in [-0.2, 0) is 0 Å². The molecule has 1 heterocycles. The second kappa shape index (κ2) is 3.79. The molecule has 2 N–H and O–H groups in total. The zero-order valence-electron chi connectivity index (χ0n) is 6.87. The molecule has 1 aromatic rings. The number of rotatable bonds is 2. The number of hydrogen-bond acceptors (Lipinski definition) is 4. The smallest absolute Gasteiger partial charge is 0.267 e. The minimum Gasteiger partial charge on any atom is -0.398 e. The number of nitrogens with zero attached hydrogens (tertiary/aromatic N) is 2. The summed E-state index contributed by atoms with van der Waals surface area (Å²) in [5.41, 5.74) is 3.81. The van der Waals surface area contributed by atoms with E-state index in [-0.39, 0.29) is 23.2 Å². The van der Waals surface area contributed by atoms with Crippen molar-refractivity contribution in [2.75, 3.05) is 5.73 Å². The van der Waals surface area contributed by atoms with Gasteiger partial charge in [0.05, 0.1) is 16.8 Å². The van der Waals surface area contributed by atoms with Crippen molar-refractivity contribution in [2.45, 2.75) is 6.43 Å². The van der Waals surface area contributed by atoms with Crippen LogP contribution in [0.5, 0.6) is 0 Å². The van der Waals surface area contributed by atoms with E-state index in [4.69, 9.17) is 11.0 Å². The van der Waals surface area contributed by atoms with Gasteiger partial charge in [0.2, 0.25) is 0 Å². The number of halogens is 2. The largest absolute Gasteiger partial charge is 0.398 e. The Morgan fingerprint density at radius 1 is 1.64 bits per heavy atom. The van der Waals surface area contributed by atoms with E-state index in [2.05, 4.69) is 4.98 Å². The molecule has 0 amide bonds. The Labute approximate surface area is 78.0 Å². The van der Waals surface area contributed by atoms with Crippen molar-refractivity contribution in [3.8, 4) is 6.07 Å². The first-order valence-electron chi connectivity index (χ1n) is 3.53. The third-order valence-corrected chi connectivity index (χ3v) is 1.65. The molecular weight excluding hydrogens is 192 g/mol. The molecule has 0 saturated carbocycles. The van der Waals surface area contributed by atoms with Gasteiger partial charge in [0.1, 0.15) is 6.07 Å². The van der Waals surface area contributed by atoms with E-state index in [1.165, 1.54) is 0 Å². The zero-order valence-corrected chi connectivity index (χ0v) is 6.87. The Morgan fingerprint density at radius 3 is 2.71 bits per heavy atom. The fourth-order valence-electron chi connectivity index (χ4n) is 0.939. The fraction of sp³-hybridized carbons (Fsp3) is 0.125. The van der Waals surface area contributed by atoms with Crippen LogP contribution in [0, 0.1) is 11.3 Å². The van der Waals surface area contributed by atoms with Crippen LogP contribution < -0.4 is 5.73 Å². The summed E-state index contributed by atoms with van der Waals surface area (Å²) >= 11 is 0. The molecule has 1 rings (SSSR count). The SMILES string of the molecule is N#Cc1ncc(C(F)F)c(N)c1C=O. The average Bonchev–Trinajstić information content (AvgIpc) is 2.16. The standard InChI is InChI=1S/C8H5F2N3O/c9-8(10)4-2-13-6(1-11)5(3-14)7(4)12/h2-3,8H,(H2,12,13). The maximum absolute atomic E-state index is 12.3. The summed E-state index contributed by atoms with van der Waals surface area (Å²) in [7, 11) is 0. The Kier molecular flexibility index (Phi) is 2.72. The highest BCUT2D eigenvalue weighted by Gasteiger charge is 2.17. The number of alkyl halides is 2. The van der Waals surface area contributed by atoms with Crippen molar-refractivity contribution in [2.24, 2.45) is 0 Å². The van der Waals surface area contributed by atoms with Crippen molar-refractivity contribution in [3.05, 3.63) is 23.0 Å². The molecule has 0 aliphatic heterocycles. The summed E-state index contributed by atoms with van der Waals surface area (Å²) in [6, 6.07) is 1.59. The predicted molar refractivity (Wildman–Crippen MR) is 43.7 cm³/mol. The number of anilines is 1. The Hall–Kier alpha value is -2.03. The zero-order chi connectivity index (χ0) is 10.7. The Balaban J connectivity index is 3.44. The van der Waals surface area contributed by atoms with Gasteiger partial charge < -0.3 is 5.73 Å². The van der Waals surface area contributed by atoms with E-state index in [1.807, 2.05) is 0 Å². The molecule has 1 aromatic heterocycles. The molecule has 0 spiro atoms. The number of carbonyl (C=O) groups excluding carboxylic acids is 1. The van der Waals surface area contributed by atoms with Gasteiger partial charge in [0.15, 0.2) is 12.0 Å². The van der Waals surface area contributed by atoms with E-state index in [9.17, 15) is 13.6 Å². The first-order chi connectivity index (χ1) is 6.61. The van der Waals surface area contributed by atoms with Gasteiger partial charge in [-0.15, -0.1) is 0 Å². The summed E-state index contributed by atoms with van der Waals surface area (Å²) in [5, 5.41) is 8.49. The number of hydrogen-bond donors (Lipinski definition) is 1. The van der Waals surface area contributed by atoms with Crippen LogP contribution in [0.15, 0.2) is 6.20 Å². The van der Waals surface area contributed by atoms with Crippen molar-refractivity contribution in [3.63, 3.8) is 0 Å². The molecule has 0 bridgehead atoms. The van der Waals surface area contributed by atoms with E-state index < -0.39 is 12.0 Å². The monoisotopic (exact) mass is 197 g/mol. The van der Waals surface area contributed by atoms with Gasteiger partial charge >= 0.3 is 0 Å². The van der Waals surface area contributed by atoms with Crippen LogP contribution >= 0.6 is 0 Å². The van der Waals surface area contributed by atoms with Gasteiger partial charge in [-0.1, -0.05) is 0 Å². The van der Waals surface area contributed by atoms with Crippen LogP contribution in [-0.4, -0.2) is 11.3 Å². The molecule has 0 aromatic carbocycles. The van der Waals surface area contributed by atoms with Crippen molar-refractivity contribution in [1.82, 2.24) is 4.98 Å². The third-order valence-electron chi connectivity index (χ3n) is 1.65. The minimum absolute atomic E-state index is 0.243. The maximum Gasteiger partial charge on any atom is 0.267 e. The number of nitrogens with two attached hydrogens (primary N) is 1. The van der Waals surface area contributed by atoms with E-state index in [0.29, 0.717) is 0 Å². The topological polar surface area (TPSA) is 79.8 Å². The quantitative estimate of drug-likeness (QED) is 0.724. The number of aromatic nitrogens is 1. The normalized spacial score (nSPS) is 9.86. The number of nitrogen functional groups attached to an aromatic ring is 1. The minimum atomic E-state index is -2.81. The highest BCUT2D eigenvalue weighted by Crippen LogP contribution is 2.27. The molecule has 0 atom stereocenters. The van der Waals surface area contributed by atoms with Gasteiger partial charge in [-0.25, -0.2) is 13.8 Å². The number of nitriles is 1. The lowest BCUT2D eigenvalue weighted by Crippen LogP contribution is -2.04.